The average molecular weight is 551 g/mol. The molecule has 7 heteroatoms. The molecule has 3 aromatic rings. The van der Waals surface area contributed by atoms with Crippen LogP contribution in [-0.4, -0.2) is 44.5 Å². The molecule has 3 rings (SSSR count). The van der Waals surface area contributed by atoms with Crippen LogP contribution in [0.2, 0.25) is 16.0 Å². The van der Waals surface area contributed by atoms with E-state index in [1.807, 2.05) is 45.9 Å². The zero-order valence-corrected chi connectivity index (χ0v) is 22.7. The van der Waals surface area contributed by atoms with Crippen molar-refractivity contribution in [3.8, 4) is 34.5 Å². The van der Waals surface area contributed by atoms with Crippen LogP contribution in [0.1, 0.15) is 44.4 Å². The maximum absolute atomic E-state index is 9.74. The fourth-order valence-corrected chi connectivity index (χ4v) is 7.85. The maximum atomic E-state index is 9.74. The van der Waals surface area contributed by atoms with Crippen molar-refractivity contribution in [1.82, 2.24) is 0 Å². The minimum absolute atomic E-state index is 0.117. The van der Waals surface area contributed by atoms with E-state index in [0.717, 1.165) is 51.9 Å². The fourth-order valence-electron chi connectivity index (χ4n) is 3.27. The topological polar surface area (TPSA) is 121 Å². The molecule has 35 heavy (non-hydrogen) atoms. The van der Waals surface area contributed by atoms with Crippen LogP contribution in [0.3, 0.4) is 0 Å². The molecule has 0 unspecified atom stereocenters. The number of phenolic OH excluding ortho intramolecular Hbond substituents is 6. The Morgan fingerprint density at radius 1 is 0.429 bits per heavy atom. The van der Waals surface area contributed by atoms with Crippen LogP contribution in [0.15, 0.2) is 54.6 Å². The van der Waals surface area contributed by atoms with Crippen LogP contribution in [-0.2, 0) is 19.3 Å². The molecule has 0 atom stereocenters. The van der Waals surface area contributed by atoms with Crippen molar-refractivity contribution >= 4 is 13.9 Å². The molecule has 0 heterocycles. The summed E-state index contributed by atoms with van der Waals surface area (Å²) >= 11 is -1.10. The standard InChI is InChI=1S/C24H26O6Se.2C2H6/c25-19-4-1-16(13-22(19)28)7-10-31(11-8-17-2-5-20(26)23(29)14-17)12-9-18-3-6-21(27)24(30)15-18;2*1-2/h1-6,13-15H,7-12H2,(H5-,25,26,27,28,29,30);2*1-2H3/p+1. The second kappa shape index (κ2) is 15.8. The molecule has 0 bridgehead atoms. The van der Waals surface area contributed by atoms with Gasteiger partial charge in [-0.1, -0.05) is 27.7 Å². The Kier molecular flexibility index (Phi) is 13.5. The van der Waals surface area contributed by atoms with E-state index in [4.69, 9.17) is 0 Å². The molecule has 0 spiro atoms. The van der Waals surface area contributed by atoms with Crippen LogP contribution in [0.25, 0.3) is 0 Å². The SMILES string of the molecule is CC.CC.Oc1ccc(CC[Se+](CCc2ccc(O)c(O)c2)CCc2ccc(O)c(O)c2)cc1O. The predicted molar refractivity (Wildman–Crippen MR) is 143 cm³/mol. The Labute approximate surface area is 213 Å². The van der Waals surface area contributed by atoms with Gasteiger partial charge in [0.15, 0.2) is 0 Å². The molecule has 0 fully saturated rings. The summed E-state index contributed by atoms with van der Waals surface area (Å²) in [5.74, 6) is -0.739. The molecule has 0 radical (unpaired) electrons. The number of phenols is 6. The van der Waals surface area contributed by atoms with Gasteiger partial charge in [0.1, 0.15) is 0 Å². The quantitative estimate of drug-likeness (QED) is 0.134. The Morgan fingerprint density at radius 2 is 0.686 bits per heavy atom. The molecule has 3 aromatic carbocycles. The zero-order chi connectivity index (χ0) is 26.4. The number of aryl methyl sites for hydroxylation is 3. The Morgan fingerprint density at radius 3 is 0.914 bits per heavy atom. The van der Waals surface area contributed by atoms with Crippen molar-refractivity contribution in [2.45, 2.75) is 62.9 Å². The van der Waals surface area contributed by atoms with Gasteiger partial charge in [-0.2, -0.15) is 0 Å². The Balaban J connectivity index is 0.00000145. The van der Waals surface area contributed by atoms with Gasteiger partial charge < -0.3 is 0 Å². The third kappa shape index (κ3) is 10.0. The molecule has 6 N–H and O–H groups in total. The molecule has 0 aliphatic carbocycles. The van der Waals surface area contributed by atoms with Crippen LogP contribution >= 0.6 is 0 Å². The molecular weight excluding hydrogens is 511 g/mol. The summed E-state index contributed by atoms with van der Waals surface area (Å²) in [7, 11) is 0. The molecular formula is C28H39O6Se+. The third-order valence-electron chi connectivity index (χ3n) is 5.16. The van der Waals surface area contributed by atoms with Crippen molar-refractivity contribution in [3.05, 3.63) is 71.3 Å². The number of rotatable bonds is 9. The molecule has 6 nitrogen and oxygen atoms in total. The number of hydrogen-bond donors (Lipinski definition) is 6. The summed E-state index contributed by atoms with van der Waals surface area (Å²) in [6, 6.07) is 14.7. The molecule has 0 aromatic heterocycles. The van der Waals surface area contributed by atoms with E-state index in [-0.39, 0.29) is 34.5 Å². The van der Waals surface area contributed by atoms with Crippen LogP contribution < -0.4 is 0 Å². The monoisotopic (exact) mass is 551 g/mol. The van der Waals surface area contributed by atoms with Gasteiger partial charge >= 0.3 is 186 Å². The molecule has 0 aliphatic heterocycles. The van der Waals surface area contributed by atoms with Gasteiger partial charge in [-0.25, -0.2) is 0 Å². The molecule has 192 valence electrons. The second-order valence-electron chi connectivity index (χ2n) is 7.44. The summed E-state index contributed by atoms with van der Waals surface area (Å²) < 4.78 is 0. The summed E-state index contributed by atoms with van der Waals surface area (Å²) in [5.41, 5.74) is 2.90. The first kappa shape index (κ1) is 30.0. The van der Waals surface area contributed by atoms with Gasteiger partial charge in [-0.3, -0.25) is 0 Å². The van der Waals surface area contributed by atoms with Crippen molar-refractivity contribution in [1.29, 1.82) is 0 Å². The normalized spacial score (nSPS) is 10.2. The van der Waals surface area contributed by atoms with Crippen molar-refractivity contribution < 1.29 is 30.6 Å². The summed E-state index contributed by atoms with van der Waals surface area (Å²) in [6.07, 6.45) is 2.38. The van der Waals surface area contributed by atoms with Crippen molar-refractivity contribution in [3.63, 3.8) is 0 Å². The summed E-state index contributed by atoms with van der Waals surface area (Å²) in [6.45, 7) is 8.00. The van der Waals surface area contributed by atoms with E-state index < -0.39 is 13.9 Å². The van der Waals surface area contributed by atoms with E-state index in [0.29, 0.717) is 0 Å². The molecule has 0 amide bonds. The van der Waals surface area contributed by atoms with E-state index in [1.54, 1.807) is 18.2 Å². The van der Waals surface area contributed by atoms with Crippen molar-refractivity contribution in [2.75, 3.05) is 0 Å². The van der Waals surface area contributed by atoms with Crippen molar-refractivity contribution in [2.24, 2.45) is 0 Å². The third-order valence-corrected chi connectivity index (χ3v) is 10.1. The second-order valence-corrected chi connectivity index (χ2v) is 12.6. The van der Waals surface area contributed by atoms with Crippen LogP contribution in [0.5, 0.6) is 34.5 Å². The van der Waals surface area contributed by atoms with E-state index in [2.05, 4.69) is 0 Å². The first-order valence-corrected chi connectivity index (χ1v) is 15.6. The first-order chi connectivity index (χ1) is 16.8. The molecule has 0 aliphatic rings. The van der Waals surface area contributed by atoms with E-state index in [9.17, 15) is 30.6 Å². The van der Waals surface area contributed by atoms with Gasteiger partial charge in [0.25, 0.3) is 0 Å². The summed E-state index contributed by atoms with van der Waals surface area (Å²) in [4.78, 5) is 0. The number of hydrogen-bond acceptors (Lipinski definition) is 6. The van der Waals surface area contributed by atoms with E-state index in [1.165, 1.54) is 18.2 Å². The van der Waals surface area contributed by atoms with Gasteiger partial charge in [-0.05, 0) is 0 Å². The molecule has 0 saturated carbocycles. The van der Waals surface area contributed by atoms with E-state index >= 15 is 0 Å². The van der Waals surface area contributed by atoms with Gasteiger partial charge in [0.2, 0.25) is 0 Å². The average Bonchev–Trinajstić information content (AvgIpc) is 2.87. The number of aromatic hydroxyl groups is 6. The minimum atomic E-state index is -1.10. The molecule has 0 saturated heterocycles. The van der Waals surface area contributed by atoms with Gasteiger partial charge in [-0.15, -0.1) is 0 Å². The zero-order valence-electron chi connectivity index (χ0n) is 21.0. The Hall–Kier alpha value is -3.02. The first-order valence-electron chi connectivity index (χ1n) is 12.0. The number of benzene rings is 3. The predicted octanol–water partition coefficient (Wildman–Crippen LogP) is 6.50. The van der Waals surface area contributed by atoms with Gasteiger partial charge in [0.05, 0.1) is 0 Å². The van der Waals surface area contributed by atoms with Gasteiger partial charge in [0, 0.05) is 0 Å². The fraction of sp³-hybridized carbons (Fsp3) is 0.357. The Bertz CT molecular complexity index is 906. The van der Waals surface area contributed by atoms with Crippen LogP contribution in [0.4, 0.5) is 0 Å². The summed E-state index contributed by atoms with van der Waals surface area (Å²) in [5, 5.41) is 60.7. The van der Waals surface area contributed by atoms with Crippen LogP contribution in [0, 0.1) is 0 Å².